The van der Waals surface area contributed by atoms with Gasteiger partial charge in [0, 0.05) is 36.8 Å². The molecule has 5 nitrogen and oxygen atoms in total. The molecule has 1 aliphatic carbocycles. The lowest BCUT2D eigenvalue weighted by atomic mass is 10.1. The third-order valence-corrected chi connectivity index (χ3v) is 6.48. The van der Waals surface area contributed by atoms with Crippen LogP contribution in [-0.2, 0) is 9.59 Å². The van der Waals surface area contributed by atoms with E-state index in [0.29, 0.717) is 11.9 Å². The molecule has 3 aliphatic rings. The van der Waals surface area contributed by atoms with E-state index < -0.39 is 0 Å². The van der Waals surface area contributed by atoms with Gasteiger partial charge in [-0.2, -0.15) is 0 Å². The Kier molecular flexibility index (Phi) is 5.52. The molecule has 2 unspecified atom stereocenters. The Morgan fingerprint density at radius 3 is 2.57 bits per heavy atom. The fraction of sp³-hybridized carbons (Fsp3) is 0.882. The number of hydrogen-bond donors (Lipinski definition) is 1. The molecule has 6 heteroatoms. The highest BCUT2D eigenvalue weighted by molar-refractivity contribution is 7.99. The van der Waals surface area contributed by atoms with E-state index in [2.05, 4.69) is 24.1 Å². The van der Waals surface area contributed by atoms with E-state index in [1.165, 1.54) is 0 Å². The van der Waals surface area contributed by atoms with E-state index in [-0.39, 0.29) is 29.8 Å². The van der Waals surface area contributed by atoms with Gasteiger partial charge in [0.05, 0.1) is 5.88 Å². The molecule has 0 aromatic carbocycles. The Morgan fingerprint density at radius 1 is 1.17 bits per heavy atom. The van der Waals surface area contributed by atoms with Crippen LogP contribution in [0.15, 0.2) is 0 Å². The second kappa shape index (κ2) is 7.43. The van der Waals surface area contributed by atoms with Crippen molar-refractivity contribution in [1.82, 2.24) is 15.1 Å². The number of hydrogen-bond acceptors (Lipinski definition) is 4. The van der Waals surface area contributed by atoms with E-state index in [9.17, 15) is 9.59 Å². The number of nitrogens with zero attached hydrogens (tertiary/aromatic N) is 2. The van der Waals surface area contributed by atoms with Gasteiger partial charge in [0.15, 0.2) is 0 Å². The Balaban J connectivity index is 1.55. The van der Waals surface area contributed by atoms with Crippen LogP contribution in [0.5, 0.6) is 0 Å². The lowest BCUT2D eigenvalue weighted by Crippen LogP contribution is -2.51. The van der Waals surface area contributed by atoms with Crippen LogP contribution in [-0.4, -0.2) is 64.5 Å². The minimum Gasteiger partial charge on any atom is -0.350 e. The fourth-order valence-electron chi connectivity index (χ4n) is 3.96. The number of likely N-dealkylation sites (tertiary alicyclic amines) is 1. The molecular weight excluding hydrogens is 310 g/mol. The van der Waals surface area contributed by atoms with Crippen LogP contribution in [0.1, 0.15) is 46.0 Å². The first-order chi connectivity index (χ1) is 11.1. The van der Waals surface area contributed by atoms with E-state index in [1.807, 2.05) is 4.90 Å². The van der Waals surface area contributed by atoms with Crippen molar-refractivity contribution < 1.29 is 9.59 Å². The average Bonchev–Trinajstić information content (AvgIpc) is 3.26. The summed E-state index contributed by atoms with van der Waals surface area (Å²) >= 11 is 1.70. The van der Waals surface area contributed by atoms with Gasteiger partial charge in [-0.25, -0.2) is 0 Å². The van der Waals surface area contributed by atoms with Crippen molar-refractivity contribution in [2.75, 3.05) is 24.7 Å². The zero-order valence-corrected chi connectivity index (χ0v) is 15.1. The van der Waals surface area contributed by atoms with E-state index in [1.54, 1.807) is 11.8 Å². The van der Waals surface area contributed by atoms with Crippen molar-refractivity contribution in [3.63, 3.8) is 0 Å². The third-order valence-electron chi connectivity index (χ3n) is 5.47. The van der Waals surface area contributed by atoms with Gasteiger partial charge in [-0.1, -0.05) is 12.8 Å². The summed E-state index contributed by atoms with van der Waals surface area (Å²) in [5, 5.41) is 3.19. The second-order valence-corrected chi connectivity index (χ2v) is 8.39. The fourth-order valence-corrected chi connectivity index (χ4v) is 5.12. The van der Waals surface area contributed by atoms with Crippen molar-refractivity contribution in [1.29, 1.82) is 0 Å². The maximum atomic E-state index is 12.7. The lowest BCUT2D eigenvalue weighted by Gasteiger charge is -2.27. The quantitative estimate of drug-likeness (QED) is 0.847. The van der Waals surface area contributed by atoms with Crippen molar-refractivity contribution >= 4 is 23.6 Å². The highest BCUT2D eigenvalue weighted by Crippen LogP contribution is 2.31. The molecule has 3 rings (SSSR count). The van der Waals surface area contributed by atoms with Gasteiger partial charge < -0.3 is 10.2 Å². The van der Waals surface area contributed by atoms with Crippen LogP contribution in [0.3, 0.4) is 0 Å². The Labute approximate surface area is 143 Å². The number of amides is 2. The molecular formula is C17H29N3O2S. The Morgan fingerprint density at radius 2 is 1.91 bits per heavy atom. The standard InChI is InChI=1S/C17H29N3O2S/c1-12(2)19-8-7-14(9-19)18-16(21)15-10-23-11-20(15)17(22)13-5-3-4-6-13/h12-15H,3-11H2,1-2H3,(H,18,21). The summed E-state index contributed by atoms with van der Waals surface area (Å²) < 4.78 is 0. The van der Waals surface area contributed by atoms with Gasteiger partial charge in [-0.15, -0.1) is 11.8 Å². The van der Waals surface area contributed by atoms with E-state index in [0.717, 1.165) is 50.9 Å². The highest BCUT2D eigenvalue weighted by atomic mass is 32.2. The molecule has 2 saturated heterocycles. The first kappa shape index (κ1) is 17.1. The number of nitrogens with one attached hydrogen (secondary N) is 1. The lowest BCUT2D eigenvalue weighted by molar-refractivity contribution is -0.141. The van der Waals surface area contributed by atoms with Gasteiger partial charge in [0.25, 0.3) is 0 Å². The van der Waals surface area contributed by atoms with E-state index in [4.69, 9.17) is 0 Å². The van der Waals surface area contributed by atoms with Crippen LogP contribution in [0.2, 0.25) is 0 Å². The van der Waals surface area contributed by atoms with Gasteiger partial charge in [-0.3, -0.25) is 14.5 Å². The maximum Gasteiger partial charge on any atom is 0.243 e. The van der Waals surface area contributed by atoms with Gasteiger partial charge in [0.2, 0.25) is 11.8 Å². The van der Waals surface area contributed by atoms with E-state index >= 15 is 0 Å². The predicted octanol–water partition coefficient (Wildman–Crippen LogP) is 1.68. The molecule has 1 saturated carbocycles. The number of rotatable bonds is 4. The number of carbonyl (C=O) groups is 2. The first-order valence-corrected chi connectivity index (χ1v) is 10.1. The van der Waals surface area contributed by atoms with Crippen LogP contribution < -0.4 is 5.32 Å². The monoisotopic (exact) mass is 339 g/mol. The Hall–Kier alpha value is -0.750. The van der Waals surface area contributed by atoms with Gasteiger partial charge >= 0.3 is 0 Å². The molecule has 2 amide bonds. The van der Waals surface area contributed by atoms with Crippen LogP contribution >= 0.6 is 11.8 Å². The zero-order valence-electron chi connectivity index (χ0n) is 14.3. The minimum atomic E-state index is -0.263. The third kappa shape index (κ3) is 3.85. The summed E-state index contributed by atoms with van der Waals surface area (Å²) in [5.41, 5.74) is 0. The average molecular weight is 340 g/mol. The molecule has 0 spiro atoms. The normalized spacial score (nSPS) is 29.6. The smallest absolute Gasteiger partial charge is 0.243 e. The molecule has 0 aromatic heterocycles. The highest BCUT2D eigenvalue weighted by Gasteiger charge is 2.39. The molecule has 2 aliphatic heterocycles. The van der Waals surface area contributed by atoms with Crippen LogP contribution in [0, 0.1) is 5.92 Å². The molecule has 3 fully saturated rings. The van der Waals surface area contributed by atoms with Crippen molar-refractivity contribution in [2.24, 2.45) is 5.92 Å². The molecule has 0 bridgehead atoms. The SMILES string of the molecule is CC(C)N1CCC(NC(=O)C2CSCN2C(=O)C2CCCC2)C1. The summed E-state index contributed by atoms with van der Waals surface area (Å²) in [6, 6.07) is 0.500. The van der Waals surface area contributed by atoms with Crippen molar-refractivity contribution in [3.8, 4) is 0 Å². The maximum absolute atomic E-state index is 12.7. The largest absolute Gasteiger partial charge is 0.350 e. The summed E-state index contributed by atoms with van der Waals surface area (Å²) in [6.45, 7) is 6.37. The topological polar surface area (TPSA) is 52.7 Å². The first-order valence-electron chi connectivity index (χ1n) is 8.99. The van der Waals surface area contributed by atoms with Crippen LogP contribution in [0.4, 0.5) is 0 Å². The molecule has 0 radical (unpaired) electrons. The summed E-state index contributed by atoms with van der Waals surface area (Å²) in [4.78, 5) is 29.6. The van der Waals surface area contributed by atoms with Gasteiger partial charge in [0.1, 0.15) is 6.04 Å². The van der Waals surface area contributed by atoms with Crippen molar-refractivity contribution in [3.05, 3.63) is 0 Å². The number of thioether (sulfide) groups is 1. The molecule has 2 heterocycles. The summed E-state index contributed by atoms with van der Waals surface area (Å²) in [6.07, 6.45) is 5.32. The predicted molar refractivity (Wildman–Crippen MR) is 93.2 cm³/mol. The Bertz CT molecular complexity index is 451. The van der Waals surface area contributed by atoms with Crippen molar-refractivity contribution in [2.45, 2.75) is 64.1 Å². The second-order valence-electron chi connectivity index (χ2n) is 7.39. The molecule has 23 heavy (non-hydrogen) atoms. The van der Waals surface area contributed by atoms with Crippen LogP contribution in [0.25, 0.3) is 0 Å². The number of carbonyl (C=O) groups excluding carboxylic acids is 2. The molecule has 1 N–H and O–H groups in total. The molecule has 0 aromatic rings. The minimum absolute atomic E-state index is 0.0527. The molecule has 2 atom stereocenters. The molecule has 130 valence electrons. The summed E-state index contributed by atoms with van der Waals surface area (Å²) in [7, 11) is 0. The van der Waals surface area contributed by atoms with Gasteiger partial charge in [-0.05, 0) is 33.1 Å². The zero-order chi connectivity index (χ0) is 16.4. The summed E-state index contributed by atoms with van der Waals surface area (Å²) in [5.74, 6) is 1.84.